The summed E-state index contributed by atoms with van der Waals surface area (Å²) < 4.78 is 10.8. The van der Waals surface area contributed by atoms with Gasteiger partial charge in [-0.05, 0) is 24.1 Å². The van der Waals surface area contributed by atoms with Crippen LogP contribution in [0.3, 0.4) is 0 Å². The number of benzene rings is 1. The summed E-state index contributed by atoms with van der Waals surface area (Å²) in [5.41, 5.74) is 1.44. The number of hydrogen-bond donors (Lipinski definition) is 0. The van der Waals surface area contributed by atoms with Gasteiger partial charge in [-0.25, -0.2) is 0 Å². The summed E-state index contributed by atoms with van der Waals surface area (Å²) >= 11 is 2.11. The SMILES string of the molecule is COc1ccc(C2CN(C)C=C3SC(CN4CCOCC4)CC32)cc1. The van der Waals surface area contributed by atoms with Crippen LogP contribution in [-0.4, -0.2) is 68.6 Å². The lowest BCUT2D eigenvalue weighted by Crippen LogP contribution is -2.40. The molecule has 0 radical (unpaired) electrons. The lowest BCUT2D eigenvalue weighted by Gasteiger charge is -2.34. The number of morpholine rings is 1. The molecule has 3 aliphatic rings. The largest absolute Gasteiger partial charge is 0.497 e. The first-order valence-corrected chi connectivity index (χ1v) is 10.1. The minimum Gasteiger partial charge on any atom is -0.497 e. The van der Waals surface area contributed by atoms with Crippen molar-refractivity contribution in [2.45, 2.75) is 17.6 Å². The molecule has 2 fully saturated rings. The van der Waals surface area contributed by atoms with Crippen molar-refractivity contribution in [3.05, 3.63) is 40.9 Å². The highest BCUT2D eigenvalue weighted by atomic mass is 32.2. The third-order valence-corrected chi connectivity index (χ3v) is 6.97. The lowest BCUT2D eigenvalue weighted by atomic mass is 9.81. The molecular formula is C20H28N2O2S. The van der Waals surface area contributed by atoms with E-state index in [-0.39, 0.29) is 0 Å². The molecule has 1 aromatic carbocycles. The van der Waals surface area contributed by atoms with Gasteiger partial charge in [0.2, 0.25) is 0 Å². The number of fused-ring (bicyclic) bond motifs is 1. The minimum atomic E-state index is 0.582. The molecule has 5 heteroatoms. The number of allylic oxidation sites excluding steroid dienone is 1. The van der Waals surface area contributed by atoms with Gasteiger partial charge in [0.15, 0.2) is 0 Å². The minimum absolute atomic E-state index is 0.582. The normalized spacial score (nSPS) is 30.1. The molecule has 136 valence electrons. The molecule has 0 N–H and O–H groups in total. The summed E-state index contributed by atoms with van der Waals surface area (Å²) in [6.45, 7) is 6.25. The van der Waals surface area contributed by atoms with Gasteiger partial charge in [0.05, 0.1) is 20.3 Å². The fraction of sp³-hybridized carbons (Fsp3) is 0.600. The molecule has 0 aliphatic carbocycles. The van der Waals surface area contributed by atoms with E-state index in [2.05, 4.69) is 59.1 Å². The van der Waals surface area contributed by atoms with E-state index < -0.39 is 0 Å². The van der Waals surface area contributed by atoms with Crippen LogP contribution in [0, 0.1) is 5.92 Å². The Morgan fingerprint density at radius 2 is 1.92 bits per heavy atom. The van der Waals surface area contributed by atoms with Gasteiger partial charge in [-0.15, -0.1) is 11.8 Å². The number of ether oxygens (including phenoxy) is 2. The van der Waals surface area contributed by atoms with Crippen molar-refractivity contribution in [1.82, 2.24) is 9.80 Å². The number of thioether (sulfide) groups is 1. The third kappa shape index (κ3) is 3.83. The average molecular weight is 361 g/mol. The van der Waals surface area contributed by atoms with E-state index in [1.165, 1.54) is 18.5 Å². The molecule has 1 aromatic rings. The maximum absolute atomic E-state index is 5.49. The van der Waals surface area contributed by atoms with Crippen molar-refractivity contribution >= 4 is 11.8 Å². The van der Waals surface area contributed by atoms with E-state index in [1.807, 2.05) is 0 Å². The van der Waals surface area contributed by atoms with E-state index in [4.69, 9.17) is 9.47 Å². The molecule has 3 heterocycles. The number of rotatable bonds is 4. The molecule has 0 saturated carbocycles. The highest BCUT2D eigenvalue weighted by molar-refractivity contribution is 8.04. The third-order valence-electron chi connectivity index (χ3n) is 5.61. The summed E-state index contributed by atoms with van der Waals surface area (Å²) in [7, 11) is 3.93. The maximum Gasteiger partial charge on any atom is 0.118 e. The molecule has 4 nitrogen and oxygen atoms in total. The number of nitrogens with zero attached hydrogens (tertiary/aromatic N) is 2. The van der Waals surface area contributed by atoms with Gasteiger partial charge in [-0.2, -0.15) is 0 Å². The van der Waals surface area contributed by atoms with Gasteiger partial charge in [0, 0.05) is 61.4 Å². The van der Waals surface area contributed by atoms with Crippen molar-refractivity contribution in [3.63, 3.8) is 0 Å². The maximum atomic E-state index is 5.49. The lowest BCUT2D eigenvalue weighted by molar-refractivity contribution is 0.0377. The van der Waals surface area contributed by atoms with Gasteiger partial charge >= 0.3 is 0 Å². The summed E-state index contributed by atoms with van der Waals surface area (Å²) in [6.07, 6.45) is 3.67. The molecule has 0 spiro atoms. The summed E-state index contributed by atoms with van der Waals surface area (Å²) in [5.74, 6) is 2.19. The Morgan fingerprint density at radius 3 is 2.64 bits per heavy atom. The molecule has 2 saturated heterocycles. The molecular weight excluding hydrogens is 332 g/mol. The monoisotopic (exact) mass is 360 g/mol. The second-order valence-corrected chi connectivity index (χ2v) is 8.72. The van der Waals surface area contributed by atoms with Crippen molar-refractivity contribution in [2.75, 3.05) is 53.6 Å². The zero-order chi connectivity index (χ0) is 17.2. The van der Waals surface area contributed by atoms with Crippen molar-refractivity contribution in [2.24, 2.45) is 5.92 Å². The average Bonchev–Trinajstić information content (AvgIpc) is 3.04. The fourth-order valence-corrected chi connectivity index (χ4v) is 5.95. The topological polar surface area (TPSA) is 24.9 Å². The fourth-order valence-electron chi connectivity index (χ4n) is 4.30. The van der Waals surface area contributed by atoms with Gasteiger partial charge < -0.3 is 14.4 Å². The standard InChI is InChI=1S/C20H28N2O2S/c1-21-13-19(15-3-5-16(23-2)6-4-15)18-11-17(25-20(18)14-21)12-22-7-9-24-10-8-22/h3-6,14,17-19H,7-13H2,1-2H3. The molecule has 25 heavy (non-hydrogen) atoms. The zero-order valence-corrected chi connectivity index (χ0v) is 16.0. The number of likely N-dealkylation sites (N-methyl/N-ethyl adjacent to an activating group) is 1. The number of methoxy groups -OCH3 is 1. The van der Waals surface area contributed by atoms with E-state index in [1.54, 1.807) is 12.0 Å². The van der Waals surface area contributed by atoms with Crippen LogP contribution in [0.2, 0.25) is 0 Å². The van der Waals surface area contributed by atoms with E-state index in [9.17, 15) is 0 Å². The zero-order valence-electron chi connectivity index (χ0n) is 15.2. The van der Waals surface area contributed by atoms with Crippen LogP contribution in [0.15, 0.2) is 35.4 Å². The Bertz CT molecular complexity index is 613. The highest BCUT2D eigenvalue weighted by Gasteiger charge is 2.39. The predicted octanol–water partition coefficient (Wildman–Crippen LogP) is 3.02. The molecule has 0 amide bonds. The van der Waals surface area contributed by atoms with Crippen LogP contribution in [0.4, 0.5) is 0 Å². The first kappa shape index (κ1) is 17.3. The number of hydrogen-bond acceptors (Lipinski definition) is 5. The Labute approximate surface area is 155 Å². The molecule has 4 rings (SSSR count). The molecule has 0 bridgehead atoms. The predicted molar refractivity (Wildman–Crippen MR) is 103 cm³/mol. The van der Waals surface area contributed by atoms with Gasteiger partial charge in [-0.1, -0.05) is 12.1 Å². The van der Waals surface area contributed by atoms with Crippen LogP contribution < -0.4 is 4.74 Å². The van der Waals surface area contributed by atoms with Crippen LogP contribution >= 0.6 is 11.8 Å². The Kier molecular flexibility index (Phi) is 5.25. The van der Waals surface area contributed by atoms with Gasteiger partial charge in [0.1, 0.15) is 5.75 Å². The van der Waals surface area contributed by atoms with Crippen molar-refractivity contribution in [3.8, 4) is 5.75 Å². The van der Waals surface area contributed by atoms with Crippen LogP contribution in [0.5, 0.6) is 5.75 Å². The molecule has 3 atom stereocenters. The highest BCUT2D eigenvalue weighted by Crippen LogP contribution is 2.51. The molecule has 0 aromatic heterocycles. The first-order chi connectivity index (χ1) is 12.2. The second-order valence-electron chi connectivity index (χ2n) is 7.35. The Morgan fingerprint density at radius 1 is 1.16 bits per heavy atom. The van der Waals surface area contributed by atoms with Crippen LogP contribution in [0.25, 0.3) is 0 Å². The summed E-state index contributed by atoms with van der Waals surface area (Å²) in [6, 6.07) is 8.70. The smallest absolute Gasteiger partial charge is 0.118 e. The van der Waals surface area contributed by atoms with Crippen LogP contribution in [0.1, 0.15) is 17.9 Å². The van der Waals surface area contributed by atoms with E-state index in [0.717, 1.165) is 38.6 Å². The second kappa shape index (κ2) is 7.60. The Hall–Kier alpha value is -1.17. The molecule has 3 aliphatic heterocycles. The van der Waals surface area contributed by atoms with Gasteiger partial charge in [0.25, 0.3) is 0 Å². The summed E-state index contributed by atoms with van der Waals surface area (Å²) in [4.78, 5) is 6.52. The van der Waals surface area contributed by atoms with E-state index >= 15 is 0 Å². The van der Waals surface area contributed by atoms with Crippen molar-refractivity contribution < 1.29 is 9.47 Å². The van der Waals surface area contributed by atoms with Crippen molar-refractivity contribution in [1.29, 1.82) is 0 Å². The Balaban J connectivity index is 1.47. The van der Waals surface area contributed by atoms with Gasteiger partial charge in [-0.3, -0.25) is 4.90 Å². The summed E-state index contributed by atoms with van der Waals surface area (Å²) in [5, 5.41) is 0.710. The van der Waals surface area contributed by atoms with Crippen LogP contribution in [-0.2, 0) is 4.74 Å². The first-order valence-electron chi connectivity index (χ1n) is 9.25. The quantitative estimate of drug-likeness (QED) is 0.822. The molecule has 3 unspecified atom stereocenters. The van der Waals surface area contributed by atoms with E-state index in [0.29, 0.717) is 17.1 Å².